The first-order valence-electron chi connectivity index (χ1n) is 5.51. The van der Waals surface area contributed by atoms with Crippen LogP contribution in [-0.2, 0) is 14.6 Å². The van der Waals surface area contributed by atoms with Crippen LogP contribution in [0.15, 0.2) is 0 Å². The number of ether oxygens (including phenoxy) is 2. The van der Waals surface area contributed by atoms with Crippen molar-refractivity contribution < 1.29 is 14.6 Å². The maximum absolute atomic E-state index is 9.93. The van der Waals surface area contributed by atoms with E-state index in [0.29, 0.717) is 12.5 Å². The predicted molar refractivity (Wildman–Crippen MR) is 55.6 cm³/mol. The Balaban J connectivity index is 2.85. The van der Waals surface area contributed by atoms with Crippen LogP contribution in [0.2, 0.25) is 0 Å². The zero-order valence-corrected chi connectivity index (χ0v) is 9.46. The first-order chi connectivity index (χ1) is 6.77. The van der Waals surface area contributed by atoms with Crippen molar-refractivity contribution in [2.45, 2.75) is 39.5 Å². The van der Waals surface area contributed by atoms with Gasteiger partial charge in [-0.05, 0) is 18.8 Å². The summed E-state index contributed by atoms with van der Waals surface area (Å²) in [7, 11) is 0. The highest BCUT2D eigenvalue weighted by Gasteiger charge is 1.94. The van der Waals surface area contributed by atoms with Gasteiger partial charge in [-0.15, -0.1) is 0 Å². The first-order valence-corrected chi connectivity index (χ1v) is 5.51. The average molecular weight is 203 g/mol. The summed E-state index contributed by atoms with van der Waals surface area (Å²) < 4.78 is 10.1. The van der Waals surface area contributed by atoms with E-state index in [1.165, 1.54) is 6.42 Å². The molecule has 14 heavy (non-hydrogen) atoms. The zero-order valence-electron chi connectivity index (χ0n) is 9.46. The lowest BCUT2D eigenvalue weighted by atomic mass is 10.2. The van der Waals surface area contributed by atoms with Gasteiger partial charge in [0.25, 0.3) is 0 Å². The van der Waals surface area contributed by atoms with Gasteiger partial charge in [0, 0.05) is 19.8 Å². The third-order valence-corrected chi connectivity index (χ3v) is 1.86. The van der Waals surface area contributed by atoms with Crippen LogP contribution in [0.25, 0.3) is 0 Å². The van der Waals surface area contributed by atoms with Gasteiger partial charge in [0.05, 0.1) is 0 Å². The largest absolute Gasteiger partial charge is 0.381 e. The summed E-state index contributed by atoms with van der Waals surface area (Å²) in [6, 6.07) is 0. The monoisotopic (exact) mass is 203 g/mol. The van der Waals surface area contributed by atoms with Crippen molar-refractivity contribution in [3.63, 3.8) is 0 Å². The second-order valence-electron chi connectivity index (χ2n) is 3.91. The Hall–Kier alpha value is -0.120. The van der Waals surface area contributed by atoms with Crippen molar-refractivity contribution in [1.82, 2.24) is 0 Å². The SMILES string of the molecule is CC(C)COCCCCCCOC[O]. The molecule has 0 aromatic rings. The van der Waals surface area contributed by atoms with Gasteiger partial charge in [0.2, 0.25) is 0 Å². The molecule has 3 heteroatoms. The molecule has 0 N–H and O–H groups in total. The first kappa shape index (κ1) is 13.9. The van der Waals surface area contributed by atoms with Gasteiger partial charge in [0.1, 0.15) is 0 Å². The Morgan fingerprint density at radius 2 is 1.50 bits per heavy atom. The van der Waals surface area contributed by atoms with Crippen molar-refractivity contribution in [2.24, 2.45) is 5.92 Å². The fraction of sp³-hybridized carbons (Fsp3) is 1.00. The molecular formula is C11H23O3. The molecule has 0 aliphatic carbocycles. The van der Waals surface area contributed by atoms with Crippen LogP contribution < -0.4 is 0 Å². The maximum Gasteiger partial charge on any atom is 0.180 e. The van der Waals surface area contributed by atoms with Gasteiger partial charge in [0.15, 0.2) is 6.79 Å². The van der Waals surface area contributed by atoms with E-state index in [0.717, 1.165) is 32.5 Å². The topological polar surface area (TPSA) is 38.4 Å². The minimum atomic E-state index is -0.405. The molecule has 0 unspecified atom stereocenters. The molecule has 1 radical (unpaired) electrons. The fourth-order valence-electron chi connectivity index (χ4n) is 1.14. The van der Waals surface area contributed by atoms with Crippen LogP contribution in [0.5, 0.6) is 0 Å². The summed E-state index contributed by atoms with van der Waals surface area (Å²) in [6.45, 7) is 6.23. The summed E-state index contributed by atoms with van der Waals surface area (Å²) in [5.41, 5.74) is 0. The summed E-state index contributed by atoms with van der Waals surface area (Å²) in [6.07, 6.45) is 4.40. The number of hydrogen-bond donors (Lipinski definition) is 0. The molecule has 0 atom stereocenters. The van der Waals surface area contributed by atoms with Crippen molar-refractivity contribution in [3.05, 3.63) is 0 Å². The molecule has 85 valence electrons. The van der Waals surface area contributed by atoms with Gasteiger partial charge >= 0.3 is 0 Å². The smallest absolute Gasteiger partial charge is 0.180 e. The normalized spacial score (nSPS) is 11.1. The summed E-state index contributed by atoms with van der Waals surface area (Å²) in [4.78, 5) is 0. The summed E-state index contributed by atoms with van der Waals surface area (Å²) in [5, 5.41) is 9.93. The fourth-order valence-corrected chi connectivity index (χ4v) is 1.14. The molecule has 0 aliphatic heterocycles. The molecule has 0 aliphatic rings. The van der Waals surface area contributed by atoms with Crippen LogP contribution in [0.1, 0.15) is 39.5 Å². The standard InChI is InChI=1S/C11H23O3/c1-11(2)9-13-7-5-3-4-6-8-14-10-12/h11H,3-10H2,1-2H3. The highest BCUT2D eigenvalue weighted by Crippen LogP contribution is 2.01. The van der Waals surface area contributed by atoms with Gasteiger partial charge in [-0.1, -0.05) is 26.7 Å². The zero-order chi connectivity index (χ0) is 10.6. The summed E-state index contributed by atoms with van der Waals surface area (Å²) in [5.74, 6) is 0.625. The Kier molecular flexibility index (Phi) is 10.9. The van der Waals surface area contributed by atoms with Gasteiger partial charge in [-0.25, -0.2) is 5.11 Å². The summed E-state index contributed by atoms with van der Waals surface area (Å²) >= 11 is 0. The maximum atomic E-state index is 9.93. The lowest BCUT2D eigenvalue weighted by Crippen LogP contribution is -2.03. The van der Waals surface area contributed by atoms with Crippen molar-refractivity contribution in [1.29, 1.82) is 0 Å². The molecular weight excluding hydrogens is 180 g/mol. The van der Waals surface area contributed by atoms with Gasteiger partial charge < -0.3 is 9.47 Å². The van der Waals surface area contributed by atoms with Crippen LogP contribution in [0.4, 0.5) is 0 Å². The minimum absolute atomic E-state index is 0.405. The second kappa shape index (κ2) is 11.0. The van der Waals surface area contributed by atoms with Crippen LogP contribution >= 0.6 is 0 Å². The highest BCUT2D eigenvalue weighted by atomic mass is 16.6. The van der Waals surface area contributed by atoms with E-state index < -0.39 is 6.79 Å². The number of unbranched alkanes of at least 4 members (excludes halogenated alkanes) is 3. The molecule has 0 aromatic carbocycles. The number of hydrogen-bond acceptors (Lipinski definition) is 2. The average Bonchev–Trinajstić information content (AvgIpc) is 2.15. The molecule has 0 bridgehead atoms. The van der Waals surface area contributed by atoms with Crippen LogP contribution in [0, 0.1) is 5.92 Å². The Morgan fingerprint density at radius 1 is 0.929 bits per heavy atom. The lowest BCUT2D eigenvalue weighted by molar-refractivity contribution is -0.0447. The van der Waals surface area contributed by atoms with E-state index in [1.54, 1.807) is 0 Å². The molecule has 0 rings (SSSR count). The van der Waals surface area contributed by atoms with E-state index >= 15 is 0 Å². The Labute approximate surface area is 87.4 Å². The molecule has 0 spiro atoms. The van der Waals surface area contributed by atoms with E-state index in [1.807, 2.05) is 0 Å². The highest BCUT2D eigenvalue weighted by molar-refractivity contribution is 4.44. The molecule has 0 saturated heterocycles. The minimum Gasteiger partial charge on any atom is -0.381 e. The molecule has 0 aromatic heterocycles. The van der Waals surface area contributed by atoms with Gasteiger partial charge in [-0.2, -0.15) is 0 Å². The van der Waals surface area contributed by atoms with E-state index in [4.69, 9.17) is 9.47 Å². The van der Waals surface area contributed by atoms with E-state index in [-0.39, 0.29) is 0 Å². The van der Waals surface area contributed by atoms with Gasteiger partial charge in [-0.3, -0.25) is 0 Å². The quantitative estimate of drug-likeness (QED) is 0.404. The third kappa shape index (κ3) is 11.9. The molecule has 0 fully saturated rings. The molecule has 0 heterocycles. The van der Waals surface area contributed by atoms with Crippen molar-refractivity contribution in [3.8, 4) is 0 Å². The van der Waals surface area contributed by atoms with E-state index in [9.17, 15) is 5.11 Å². The molecule has 3 nitrogen and oxygen atoms in total. The van der Waals surface area contributed by atoms with E-state index in [2.05, 4.69) is 13.8 Å². The number of rotatable bonds is 10. The lowest BCUT2D eigenvalue weighted by Gasteiger charge is -2.06. The molecule has 0 amide bonds. The second-order valence-corrected chi connectivity index (χ2v) is 3.91. The van der Waals surface area contributed by atoms with Crippen molar-refractivity contribution >= 4 is 0 Å². The van der Waals surface area contributed by atoms with Crippen molar-refractivity contribution in [2.75, 3.05) is 26.6 Å². The predicted octanol–water partition coefficient (Wildman–Crippen LogP) is 2.62. The van der Waals surface area contributed by atoms with Crippen LogP contribution in [0.3, 0.4) is 0 Å². The van der Waals surface area contributed by atoms with Crippen LogP contribution in [-0.4, -0.2) is 26.6 Å². The Bertz CT molecular complexity index is 105. The molecule has 0 saturated carbocycles. The third-order valence-electron chi connectivity index (χ3n) is 1.86. The Morgan fingerprint density at radius 3 is 2.00 bits per heavy atom.